The van der Waals surface area contributed by atoms with Crippen molar-refractivity contribution >= 4 is 33.7 Å². The topological polar surface area (TPSA) is 56.5 Å². The van der Waals surface area contributed by atoms with Crippen LogP contribution in [-0.2, 0) is 24.4 Å². The summed E-state index contributed by atoms with van der Waals surface area (Å²) in [5, 5.41) is 2.46. The van der Waals surface area contributed by atoms with Crippen molar-refractivity contribution in [2.24, 2.45) is 0 Å². The van der Waals surface area contributed by atoms with Crippen LogP contribution in [0.4, 0.5) is 0 Å². The van der Waals surface area contributed by atoms with Crippen molar-refractivity contribution in [2.75, 3.05) is 7.11 Å². The lowest BCUT2D eigenvalue weighted by Crippen LogP contribution is -2.32. The highest BCUT2D eigenvalue weighted by atomic mass is 16.5. The van der Waals surface area contributed by atoms with E-state index in [9.17, 15) is 9.59 Å². The van der Waals surface area contributed by atoms with Crippen molar-refractivity contribution in [1.82, 2.24) is 14.0 Å². The molecule has 0 spiro atoms. The Bertz CT molecular complexity index is 1620. The number of hydrogen-bond acceptors (Lipinski definition) is 3. The van der Waals surface area contributed by atoms with Crippen molar-refractivity contribution in [3.8, 4) is 11.3 Å². The standard InChI is InChI=1S/C32H35N3O3/c1-19(2)35-18-25-22-11-7-12-24-28(22)34(30(25)31(35)36)16-8-15-33-26-17-21(32(37)38-3)13-14-23(26)27(29(24)33)20-9-5-4-6-10-20/h7,11-14,17,19-20H,4-6,8-10,15-16,18H2,1-3H3. The average molecular weight is 510 g/mol. The second-order valence-corrected chi connectivity index (χ2v) is 11.5. The van der Waals surface area contributed by atoms with Crippen molar-refractivity contribution in [1.29, 1.82) is 0 Å². The maximum Gasteiger partial charge on any atom is 0.337 e. The van der Waals surface area contributed by atoms with Gasteiger partial charge in [-0.25, -0.2) is 4.79 Å². The minimum Gasteiger partial charge on any atom is -0.465 e. The number of carbonyl (C=O) groups excluding carboxylic acids is 2. The van der Waals surface area contributed by atoms with E-state index in [1.165, 1.54) is 77.9 Å². The molecule has 2 aliphatic heterocycles. The fourth-order valence-electron chi connectivity index (χ4n) is 7.43. The fraction of sp³-hybridized carbons (Fsp3) is 0.438. The molecule has 1 aliphatic carbocycles. The van der Waals surface area contributed by atoms with Gasteiger partial charge in [0.05, 0.1) is 23.9 Å². The molecule has 2 aromatic heterocycles. The van der Waals surface area contributed by atoms with Crippen LogP contribution in [0, 0.1) is 0 Å². The summed E-state index contributed by atoms with van der Waals surface area (Å²) in [7, 11) is 1.44. The molecular formula is C32H35N3O3. The van der Waals surface area contributed by atoms with E-state index in [4.69, 9.17) is 4.74 Å². The van der Waals surface area contributed by atoms with Gasteiger partial charge in [-0.3, -0.25) is 4.79 Å². The summed E-state index contributed by atoms with van der Waals surface area (Å²) < 4.78 is 9.87. The summed E-state index contributed by atoms with van der Waals surface area (Å²) in [6, 6.07) is 12.9. The smallest absolute Gasteiger partial charge is 0.337 e. The number of methoxy groups -OCH3 is 1. The number of amides is 1. The summed E-state index contributed by atoms with van der Waals surface area (Å²) >= 11 is 0. The molecule has 38 heavy (non-hydrogen) atoms. The third-order valence-electron chi connectivity index (χ3n) is 9.16. The van der Waals surface area contributed by atoms with Crippen LogP contribution in [0.5, 0.6) is 0 Å². The molecule has 4 aromatic rings. The van der Waals surface area contributed by atoms with Crippen LogP contribution in [0.1, 0.15) is 90.3 Å². The predicted octanol–water partition coefficient (Wildman–Crippen LogP) is 6.87. The van der Waals surface area contributed by atoms with Gasteiger partial charge in [-0.15, -0.1) is 0 Å². The number of aryl methyl sites for hydroxylation is 2. The number of esters is 1. The van der Waals surface area contributed by atoms with Gasteiger partial charge in [0.15, 0.2) is 0 Å². The monoisotopic (exact) mass is 509 g/mol. The summed E-state index contributed by atoms with van der Waals surface area (Å²) in [5.41, 5.74) is 8.90. The first kappa shape index (κ1) is 23.6. The highest BCUT2D eigenvalue weighted by molar-refractivity contribution is 6.09. The Hall–Kier alpha value is -3.54. The second kappa shape index (κ2) is 8.75. The van der Waals surface area contributed by atoms with Crippen LogP contribution in [0.25, 0.3) is 33.1 Å². The quantitative estimate of drug-likeness (QED) is 0.283. The minimum absolute atomic E-state index is 0.161. The normalized spacial score (nSPS) is 17.7. The van der Waals surface area contributed by atoms with Crippen molar-refractivity contribution in [3.05, 3.63) is 58.8 Å². The molecule has 0 radical (unpaired) electrons. The lowest BCUT2D eigenvalue weighted by molar-refractivity contribution is 0.0600. The molecule has 0 N–H and O–H groups in total. The SMILES string of the molecule is COC(=O)c1ccc2c(C3CCCCC3)c3n(c2c1)CCCn1c2c(c4cccc-3c41)CN(C(C)C)C2=O. The van der Waals surface area contributed by atoms with E-state index in [0.29, 0.717) is 18.0 Å². The van der Waals surface area contributed by atoms with Crippen molar-refractivity contribution in [3.63, 3.8) is 0 Å². The molecule has 7 rings (SSSR count). The molecule has 6 nitrogen and oxygen atoms in total. The van der Waals surface area contributed by atoms with Crippen LogP contribution in [0.2, 0.25) is 0 Å². The Morgan fingerprint density at radius 3 is 2.50 bits per heavy atom. The van der Waals surface area contributed by atoms with Gasteiger partial charge in [0.2, 0.25) is 0 Å². The molecule has 0 unspecified atom stereocenters. The molecule has 196 valence electrons. The van der Waals surface area contributed by atoms with Crippen LogP contribution in [0.15, 0.2) is 36.4 Å². The van der Waals surface area contributed by atoms with E-state index in [1.807, 2.05) is 17.0 Å². The third-order valence-corrected chi connectivity index (χ3v) is 9.16. The van der Waals surface area contributed by atoms with Gasteiger partial charge in [0, 0.05) is 53.1 Å². The van der Waals surface area contributed by atoms with Crippen LogP contribution >= 0.6 is 0 Å². The maximum absolute atomic E-state index is 13.6. The van der Waals surface area contributed by atoms with E-state index in [0.717, 1.165) is 30.7 Å². The number of nitrogens with zero attached hydrogens (tertiary/aromatic N) is 3. The number of hydrogen-bond donors (Lipinski definition) is 0. The van der Waals surface area contributed by atoms with Gasteiger partial charge in [0.1, 0.15) is 5.69 Å². The van der Waals surface area contributed by atoms with E-state index in [-0.39, 0.29) is 17.9 Å². The summed E-state index contributed by atoms with van der Waals surface area (Å²) in [6.07, 6.45) is 7.12. The van der Waals surface area contributed by atoms with Gasteiger partial charge >= 0.3 is 5.97 Å². The van der Waals surface area contributed by atoms with E-state index < -0.39 is 0 Å². The van der Waals surface area contributed by atoms with Gasteiger partial charge in [-0.05, 0) is 56.7 Å². The number of carbonyl (C=O) groups is 2. The lowest BCUT2D eigenvalue weighted by Gasteiger charge is -2.26. The number of fused-ring (bicyclic) bond motifs is 7. The molecular weight excluding hydrogens is 474 g/mol. The lowest BCUT2D eigenvalue weighted by atomic mass is 9.81. The maximum atomic E-state index is 13.6. The fourth-order valence-corrected chi connectivity index (χ4v) is 7.43. The van der Waals surface area contributed by atoms with E-state index in [2.05, 4.69) is 47.2 Å². The van der Waals surface area contributed by atoms with Crippen LogP contribution in [0.3, 0.4) is 0 Å². The van der Waals surface area contributed by atoms with Crippen LogP contribution < -0.4 is 0 Å². The molecule has 6 heteroatoms. The van der Waals surface area contributed by atoms with Gasteiger partial charge in [-0.1, -0.05) is 43.5 Å². The average Bonchev–Trinajstić information content (AvgIpc) is 3.55. The zero-order valence-corrected chi connectivity index (χ0v) is 22.5. The zero-order chi connectivity index (χ0) is 26.1. The van der Waals surface area contributed by atoms with Crippen LogP contribution in [-0.4, -0.2) is 39.1 Å². The second-order valence-electron chi connectivity index (χ2n) is 11.5. The van der Waals surface area contributed by atoms with Gasteiger partial charge < -0.3 is 18.8 Å². The number of para-hydroxylation sites is 1. The number of rotatable bonds is 3. The first-order chi connectivity index (χ1) is 18.5. The largest absolute Gasteiger partial charge is 0.465 e. The molecule has 1 saturated carbocycles. The Morgan fingerprint density at radius 2 is 1.74 bits per heavy atom. The summed E-state index contributed by atoms with van der Waals surface area (Å²) in [4.78, 5) is 28.1. The molecule has 0 saturated heterocycles. The summed E-state index contributed by atoms with van der Waals surface area (Å²) in [6.45, 7) is 6.52. The zero-order valence-electron chi connectivity index (χ0n) is 22.5. The van der Waals surface area contributed by atoms with E-state index in [1.54, 1.807) is 0 Å². The van der Waals surface area contributed by atoms with Crippen molar-refractivity contribution in [2.45, 2.75) is 84.0 Å². The van der Waals surface area contributed by atoms with Gasteiger partial charge in [0.25, 0.3) is 5.91 Å². The Labute approximate surface area is 223 Å². The van der Waals surface area contributed by atoms with E-state index >= 15 is 0 Å². The molecule has 1 fully saturated rings. The minimum atomic E-state index is -0.298. The third kappa shape index (κ3) is 3.25. The molecule has 2 aromatic carbocycles. The first-order valence-electron chi connectivity index (χ1n) is 14.2. The Morgan fingerprint density at radius 1 is 0.947 bits per heavy atom. The van der Waals surface area contributed by atoms with Crippen molar-refractivity contribution < 1.29 is 14.3 Å². The van der Waals surface area contributed by atoms with Gasteiger partial charge in [-0.2, -0.15) is 0 Å². The Kier molecular flexibility index (Phi) is 5.43. The molecule has 3 aliphatic rings. The summed E-state index contributed by atoms with van der Waals surface area (Å²) in [5.74, 6) is 0.358. The highest BCUT2D eigenvalue weighted by Crippen LogP contribution is 2.48. The predicted molar refractivity (Wildman–Crippen MR) is 150 cm³/mol. The molecule has 0 bridgehead atoms. The highest BCUT2D eigenvalue weighted by Gasteiger charge is 2.37. The number of aromatic nitrogens is 2. The Balaban J connectivity index is 1.54. The number of ether oxygens (including phenoxy) is 1. The molecule has 1 amide bonds. The molecule has 0 atom stereocenters. The number of benzene rings is 2. The first-order valence-corrected chi connectivity index (χ1v) is 14.2. The molecule has 4 heterocycles.